The molecular weight excluding hydrogens is 344 g/mol. The van der Waals surface area contributed by atoms with Gasteiger partial charge in [0.1, 0.15) is 12.1 Å². The van der Waals surface area contributed by atoms with Crippen LogP contribution >= 0.6 is 11.6 Å². The molecule has 0 radical (unpaired) electrons. The predicted molar refractivity (Wildman–Crippen MR) is 91.2 cm³/mol. The fraction of sp³-hybridized carbons (Fsp3) is 0.500. The molecule has 1 saturated heterocycles. The van der Waals surface area contributed by atoms with Crippen LogP contribution < -0.4 is 10.1 Å². The largest absolute Gasteiger partial charge is 0.496 e. The van der Waals surface area contributed by atoms with Crippen molar-refractivity contribution in [2.24, 2.45) is 0 Å². The average Bonchev–Trinajstić information content (AvgIpc) is 3.12. The van der Waals surface area contributed by atoms with E-state index in [0.29, 0.717) is 22.0 Å². The number of benzene rings is 1. The van der Waals surface area contributed by atoms with E-state index in [9.17, 15) is 4.79 Å². The van der Waals surface area contributed by atoms with Crippen molar-refractivity contribution in [2.45, 2.75) is 31.3 Å². The summed E-state index contributed by atoms with van der Waals surface area (Å²) in [7, 11) is 1.52. The van der Waals surface area contributed by atoms with Crippen LogP contribution in [0.5, 0.6) is 5.75 Å². The number of hydrogen-bond acceptors (Lipinski definition) is 6. The van der Waals surface area contributed by atoms with E-state index in [2.05, 4.69) is 25.7 Å². The van der Waals surface area contributed by atoms with E-state index < -0.39 is 0 Å². The quantitative estimate of drug-likeness (QED) is 0.862. The maximum Gasteiger partial charge on any atom is 0.255 e. The fourth-order valence-electron chi connectivity index (χ4n) is 3.28. The van der Waals surface area contributed by atoms with Gasteiger partial charge in [0.05, 0.1) is 23.4 Å². The van der Waals surface area contributed by atoms with Gasteiger partial charge in [0.25, 0.3) is 5.91 Å². The third-order valence-corrected chi connectivity index (χ3v) is 5.03. The maximum absolute atomic E-state index is 12.7. The van der Waals surface area contributed by atoms with E-state index in [-0.39, 0.29) is 11.9 Å². The molecule has 0 bridgehead atoms. The van der Waals surface area contributed by atoms with Gasteiger partial charge in [0.2, 0.25) is 0 Å². The van der Waals surface area contributed by atoms with Crippen molar-refractivity contribution in [3.63, 3.8) is 0 Å². The lowest BCUT2D eigenvalue weighted by Crippen LogP contribution is -2.37. The van der Waals surface area contributed by atoms with Crippen molar-refractivity contribution in [3.8, 4) is 11.4 Å². The molecule has 132 valence electrons. The van der Waals surface area contributed by atoms with Gasteiger partial charge in [0, 0.05) is 31.2 Å². The zero-order chi connectivity index (χ0) is 17.4. The highest BCUT2D eigenvalue weighted by atomic mass is 35.5. The Bertz CT molecular complexity index is 777. The Kier molecular flexibility index (Phi) is 4.30. The lowest BCUT2D eigenvalue weighted by atomic mass is 10.1. The highest BCUT2D eigenvalue weighted by Crippen LogP contribution is 2.31. The van der Waals surface area contributed by atoms with Crippen LogP contribution in [0.4, 0.5) is 0 Å². The van der Waals surface area contributed by atoms with Crippen molar-refractivity contribution in [2.75, 3.05) is 20.2 Å². The molecule has 1 aliphatic heterocycles. The zero-order valence-electron chi connectivity index (χ0n) is 13.9. The summed E-state index contributed by atoms with van der Waals surface area (Å²) < 4.78 is 6.81. The van der Waals surface area contributed by atoms with Crippen molar-refractivity contribution in [1.82, 2.24) is 30.4 Å². The van der Waals surface area contributed by atoms with Gasteiger partial charge in [-0.25, -0.2) is 0 Å². The molecule has 2 aliphatic rings. The van der Waals surface area contributed by atoms with Gasteiger partial charge in [-0.1, -0.05) is 11.6 Å². The SMILES string of the molecule is COc1cc(-n2cnnn2)c(Cl)cc1C(=O)NC1CCN(C2CC2)C1. The second-order valence-corrected chi connectivity index (χ2v) is 6.85. The Labute approximate surface area is 150 Å². The monoisotopic (exact) mass is 362 g/mol. The Balaban J connectivity index is 1.52. The number of aromatic nitrogens is 4. The Morgan fingerprint density at radius 1 is 1.36 bits per heavy atom. The summed E-state index contributed by atoms with van der Waals surface area (Å²) >= 11 is 6.32. The summed E-state index contributed by atoms with van der Waals surface area (Å²) in [5.74, 6) is 0.258. The summed E-state index contributed by atoms with van der Waals surface area (Å²) in [6, 6.07) is 4.15. The Morgan fingerprint density at radius 2 is 2.20 bits per heavy atom. The molecular formula is C16H19ClN6O2. The van der Waals surface area contributed by atoms with Crippen LogP contribution in [-0.4, -0.2) is 63.3 Å². The lowest BCUT2D eigenvalue weighted by Gasteiger charge is -2.17. The summed E-state index contributed by atoms with van der Waals surface area (Å²) in [6.07, 6.45) is 4.97. The fourth-order valence-corrected chi connectivity index (χ4v) is 3.53. The number of nitrogens with zero attached hydrogens (tertiary/aromatic N) is 5. The topological polar surface area (TPSA) is 85.2 Å². The van der Waals surface area contributed by atoms with E-state index in [1.54, 1.807) is 12.1 Å². The lowest BCUT2D eigenvalue weighted by molar-refractivity contribution is 0.0934. The molecule has 2 heterocycles. The van der Waals surface area contributed by atoms with E-state index in [4.69, 9.17) is 16.3 Å². The molecule has 1 atom stereocenters. The minimum absolute atomic E-state index is 0.163. The number of tetrazole rings is 1. The number of ether oxygens (including phenoxy) is 1. The van der Waals surface area contributed by atoms with Gasteiger partial charge in [-0.05, 0) is 35.8 Å². The molecule has 1 amide bonds. The normalized spacial score (nSPS) is 20.6. The first-order valence-electron chi connectivity index (χ1n) is 8.31. The first-order chi connectivity index (χ1) is 12.2. The molecule has 1 aromatic heterocycles. The summed E-state index contributed by atoms with van der Waals surface area (Å²) in [5, 5.41) is 14.5. The van der Waals surface area contributed by atoms with Gasteiger partial charge >= 0.3 is 0 Å². The molecule has 1 aromatic carbocycles. The third kappa shape index (κ3) is 3.32. The standard InChI is InChI=1S/C16H19ClN6O2/c1-25-15-7-14(23-9-18-20-21-23)13(17)6-12(15)16(24)19-10-4-5-22(8-10)11-2-3-11/h6-7,9-11H,2-5,8H2,1H3,(H,19,24). The van der Waals surface area contributed by atoms with E-state index in [1.807, 2.05) is 0 Å². The van der Waals surface area contributed by atoms with Gasteiger partial charge < -0.3 is 10.1 Å². The van der Waals surface area contributed by atoms with Crippen LogP contribution in [0.25, 0.3) is 5.69 Å². The second kappa shape index (κ2) is 6.61. The van der Waals surface area contributed by atoms with Gasteiger partial charge in [-0.3, -0.25) is 9.69 Å². The number of methoxy groups -OCH3 is 1. The molecule has 1 saturated carbocycles. The molecule has 2 fully saturated rings. The Hall–Kier alpha value is -2.19. The van der Waals surface area contributed by atoms with Crippen molar-refractivity contribution < 1.29 is 9.53 Å². The number of amides is 1. The number of nitrogens with one attached hydrogen (secondary N) is 1. The van der Waals surface area contributed by atoms with Crippen LogP contribution in [-0.2, 0) is 0 Å². The molecule has 1 aliphatic carbocycles. The summed E-state index contributed by atoms with van der Waals surface area (Å²) in [6.45, 7) is 1.96. The summed E-state index contributed by atoms with van der Waals surface area (Å²) in [4.78, 5) is 15.2. The smallest absolute Gasteiger partial charge is 0.255 e. The second-order valence-electron chi connectivity index (χ2n) is 6.44. The number of rotatable bonds is 5. The van der Waals surface area contributed by atoms with E-state index in [1.165, 1.54) is 31.0 Å². The molecule has 1 N–H and O–H groups in total. The van der Waals surface area contributed by atoms with Gasteiger partial charge in [0.15, 0.2) is 0 Å². The molecule has 2 aromatic rings. The highest BCUT2D eigenvalue weighted by molar-refractivity contribution is 6.33. The third-order valence-electron chi connectivity index (χ3n) is 4.73. The molecule has 1 unspecified atom stereocenters. The number of hydrogen-bond donors (Lipinski definition) is 1. The number of halogens is 1. The van der Waals surface area contributed by atoms with Crippen LogP contribution in [0.1, 0.15) is 29.6 Å². The van der Waals surface area contributed by atoms with Crippen molar-refractivity contribution in [1.29, 1.82) is 0 Å². The summed E-state index contributed by atoms with van der Waals surface area (Å²) in [5.41, 5.74) is 0.968. The first kappa shape index (κ1) is 16.3. The molecule has 4 rings (SSSR count). The Morgan fingerprint density at radius 3 is 2.88 bits per heavy atom. The van der Waals surface area contributed by atoms with E-state index in [0.717, 1.165) is 25.6 Å². The van der Waals surface area contributed by atoms with E-state index >= 15 is 0 Å². The molecule has 8 nitrogen and oxygen atoms in total. The van der Waals surface area contributed by atoms with Crippen LogP contribution in [0, 0.1) is 0 Å². The number of likely N-dealkylation sites (tertiary alicyclic amines) is 1. The van der Waals surface area contributed by atoms with Crippen molar-refractivity contribution in [3.05, 3.63) is 29.0 Å². The average molecular weight is 363 g/mol. The maximum atomic E-state index is 12.7. The molecule has 0 spiro atoms. The molecule has 9 heteroatoms. The predicted octanol–water partition coefficient (Wildman–Crippen LogP) is 1.29. The van der Waals surface area contributed by atoms with Crippen molar-refractivity contribution >= 4 is 17.5 Å². The molecule has 25 heavy (non-hydrogen) atoms. The highest BCUT2D eigenvalue weighted by Gasteiger charge is 2.35. The minimum atomic E-state index is -0.176. The first-order valence-corrected chi connectivity index (χ1v) is 8.69. The minimum Gasteiger partial charge on any atom is -0.496 e. The number of carbonyl (C=O) groups is 1. The zero-order valence-corrected chi connectivity index (χ0v) is 14.6. The van der Waals surface area contributed by atoms with Crippen LogP contribution in [0.3, 0.4) is 0 Å². The number of carbonyl (C=O) groups excluding carboxylic acids is 1. The van der Waals surface area contributed by atoms with Gasteiger partial charge in [-0.2, -0.15) is 4.68 Å². The van der Waals surface area contributed by atoms with Gasteiger partial charge in [-0.15, -0.1) is 5.10 Å². The van der Waals surface area contributed by atoms with Crippen LogP contribution in [0.15, 0.2) is 18.5 Å². The van der Waals surface area contributed by atoms with Crippen LogP contribution in [0.2, 0.25) is 5.02 Å².